The van der Waals surface area contributed by atoms with E-state index in [4.69, 9.17) is 10.00 Å². The van der Waals surface area contributed by atoms with Gasteiger partial charge in [-0.15, -0.1) is 0 Å². The van der Waals surface area contributed by atoms with Gasteiger partial charge in [0.2, 0.25) is 5.88 Å². The van der Waals surface area contributed by atoms with Crippen LogP contribution in [0.3, 0.4) is 0 Å². The molecule has 0 saturated heterocycles. The second kappa shape index (κ2) is 12.5. The lowest BCUT2D eigenvalue weighted by Crippen LogP contribution is -2.40. The number of nitriles is 1. The second-order valence-electron chi connectivity index (χ2n) is 8.79. The summed E-state index contributed by atoms with van der Waals surface area (Å²) in [4.78, 5) is 9.13. The quantitative estimate of drug-likeness (QED) is 0.270. The lowest BCUT2D eigenvalue weighted by Gasteiger charge is -2.27. The molecule has 0 saturated carbocycles. The Morgan fingerprint density at radius 1 is 1.19 bits per heavy atom. The third-order valence-corrected chi connectivity index (χ3v) is 6.06. The van der Waals surface area contributed by atoms with Gasteiger partial charge in [-0.3, -0.25) is 0 Å². The molecule has 1 aromatic carbocycles. The Kier molecular flexibility index (Phi) is 8.69. The van der Waals surface area contributed by atoms with Crippen LogP contribution in [0.2, 0.25) is 0 Å². The topological polar surface area (TPSA) is 87.8 Å². The van der Waals surface area contributed by atoms with Crippen LogP contribution in [0.25, 0.3) is 22.2 Å². The molecule has 0 amide bonds. The number of nitrogens with zero attached hydrogens (tertiary/aromatic N) is 4. The summed E-state index contributed by atoms with van der Waals surface area (Å²) in [5.41, 5.74) is 5.82. The van der Waals surface area contributed by atoms with Crippen molar-refractivity contribution in [2.75, 3.05) is 25.0 Å². The van der Waals surface area contributed by atoms with Crippen LogP contribution in [0, 0.1) is 11.3 Å². The molecule has 4 aromatic rings. The molecule has 7 nitrogen and oxygen atoms in total. The molecule has 0 radical (unpaired) electrons. The molecule has 37 heavy (non-hydrogen) atoms. The predicted molar refractivity (Wildman–Crippen MR) is 150 cm³/mol. The zero-order valence-corrected chi connectivity index (χ0v) is 21.3. The smallest absolute Gasteiger partial charge is 0.237 e. The third-order valence-electron chi connectivity index (χ3n) is 6.06. The van der Waals surface area contributed by atoms with E-state index >= 15 is 0 Å². The summed E-state index contributed by atoms with van der Waals surface area (Å²) in [5.74, 6) is 0.632. The van der Waals surface area contributed by atoms with Crippen LogP contribution in [-0.4, -0.2) is 40.3 Å². The molecule has 1 aliphatic heterocycles. The van der Waals surface area contributed by atoms with Crippen molar-refractivity contribution in [1.82, 2.24) is 19.9 Å². The van der Waals surface area contributed by atoms with Gasteiger partial charge in [0.15, 0.2) is 0 Å². The Bertz CT molecular complexity index is 1410. The zero-order valence-electron chi connectivity index (χ0n) is 21.3. The Morgan fingerprint density at radius 2 is 1.97 bits per heavy atom. The van der Waals surface area contributed by atoms with Crippen LogP contribution in [0.1, 0.15) is 18.1 Å². The molecular formula is C30H32N6O. The van der Waals surface area contributed by atoms with E-state index in [1.54, 1.807) is 6.08 Å². The largest absolute Gasteiger partial charge is 0.470 e. The van der Waals surface area contributed by atoms with E-state index in [0.29, 0.717) is 11.4 Å². The van der Waals surface area contributed by atoms with Gasteiger partial charge in [0.05, 0.1) is 23.9 Å². The number of benzene rings is 1. The number of aromatic nitrogens is 3. The van der Waals surface area contributed by atoms with Crippen LogP contribution in [-0.2, 0) is 13.5 Å². The number of hydrogen-bond donors (Lipinski definition) is 2. The molecule has 0 aliphatic carbocycles. The normalized spacial score (nSPS) is 14.1. The molecule has 1 aliphatic rings. The van der Waals surface area contributed by atoms with Gasteiger partial charge in [0.25, 0.3) is 0 Å². The maximum atomic E-state index is 8.88. The average molecular weight is 493 g/mol. The molecule has 7 heteroatoms. The highest BCUT2D eigenvalue weighted by Gasteiger charge is 2.21. The molecule has 5 rings (SSSR count). The molecule has 1 unspecified atom stereocenters. The standard InChI is InChI=1S/C25H24N6O.C5H8/c1-31-9-7-19-10-20(13-29-24(19)31)21-11-23-25(30-14-21)32-22(16-28-23)15-27-8-6-17-2-4-18(12-26)5-3-17;1-3-5-4-2/h2-5,7,9-11,13-14,22,27-28H,6,8,15-16H2,1H3;3-5H,1H2,2H3/b;5-4-. The van der Waals surface area contributed by atoms with Crippen LogP contribution < -0.4 is 15.4 Å². The van der Waals surface area contributed by atoms with E-state index in [0.717, 1.165) is 53.9 Å². The van der Waals surface area contributed by atoms with E-state index in [2.05, 4.69) is 51.4 Å². The van der Waals surface area contributed by atoms with Crippen molar-refractivity contribution in [3.63, 3.8) is 0 Å². The van der Waals surface area contributed by atoms with Gasteiger partial charge >= 0.3 is 0 Å². The fourth-order valence-corrected chi connectivity index (χ4v) is 4.06. The fourth-order valence-electron chi connectivity index (χ4n) is 4.06. The van der Waals surface area contributed by atoms with Gasteiger partial charge in [-0.1, -0.05) is 36.9 Å². The minimum absolute atomic E-state index is 0.0177. The summed E-state index contributed by atoms with van der Waals surface area (Å²) >= 11 is 0. The number of nitrogens with one attached hydrogen (secondary N) is 2. The third kappa shape index (κ3) is 6.63. The first-order valence-electron chi connectivity index (χ1n) is 12.4. The summed E-state index contributed by atoms with van der Waals surface area (Å²) in [5, 5.41) is 16.9. The highest BCUT2D eigenvalue weighted by Crippen LogP contribution is 2.32. The summed E-state index contributed by atoms with van der Waals surface area (Å²) in [6, 6.07) is 16.1. The average Bonchev–Trinajstić information content (AvgIpc) is 3.31. The Balaban J connectivity index is 0.000000586. The SMILES string of the molecule is C=C/C=C\C.Cn1ccc2cc(-c3cnc4c(c3)NCC(CNCCc3ccc(C#N)cc3)O4)cnc21. The minimum atomic E-state index is 0.0177. The summed E-state index contributed by atoms with van der Waals surface area (Å²) < 4.78 is 8.10. The highest BCUT2D eigenvalue weighted by atomic mass is 16.5. The maximum Gasteiger partial charge on any atom is 0.237 e. The van der Waals surface area contributed by atoms with Crippen molar-refractivity contribution in [1.29, 1.82) is 5.26 Å². The van der Waals surface area contributed by atoms with Crippen molar-refractivity contribution < 1.29 is 4.74 Å². The van der Waals surface area contributed by atoms with E-state index in [1.165, 1.54) is 5.56 Å². The predicted octanol–water partition coefficient (Wildman–Crippen LogP) is 5.26. The molecule has 0 fully saturated rings. The van der Waals surface area contributed by atoms with Gasteiger partial charge in [-0.2, -0.15) is 5.26 Å². The maximum absolute atomic E-state index is 8.88. The lowest BCUT2D eigenvalue weighted by atomic mass is 10.1. The van der Waals surface area contributed by atoms with Gasteiger partial charge in [-0.25, -0.2) is 9.97 Å². The summed E-state index contributed by atoms with van der Waals surface area (Å²) in [7, 11) is 2.00. The van der Waals surface area contributed by atoms with Gasteiger partial charge in [0, 0.05) is 48.7 Å². The van der Waals surface area contributed by atoms with Crippen LogP contribution in [0.15, 0.2) is 85.9 Å². The first kappa shape index (κ1) is 25.7. The number of fused-ring (bicyclic) bond motifs is 2. The molecule has 188 valence electrons. The van der Waals surface area contributed by atoms with E-state index in [1.807, 2.05) is 73.5 Å². The Labute approximate surface area is 218 Å². The molecule has 1 atom stereocenters. The van der Waals surface area contributed by atoms with Crippen molar-refractivity contribution in [3.05, 3.63) is 97.0 Å². The van der Waals surface area contributed by atoms with Crippen LogP contribution in [0.4, 0.5) is 5.69 Å². The van der Waals surface area contributed by atoms with E-state index in [9.17, 15) is 0 Å². The first-order valence-corrected chi connectivity index (χ1v) is 12.4. The fraction of sp³-hybridized carbons (Fsp3) is 0.233. The van der Waals surface area contributed by atoms with Gasteiger partial charge in [0.1, 0.15) is 11.8 Å². The number of allylic oxidation sites excluding steroid dienone is 3. The zero-order chi connectivity index (χ0) is 26.0. The first-order chi connectivity index (χ1) is 18.1. The number of pyridine rings is 2. The minimum Gasteiger partial charge on any atom is -0.470 e. The summed E-state index contributed by atoms with van der Waals surface area (Å²) in [6.07, 6.45) is 12.2. The molecule has 0 spiro atoms. The van der Waals surface area contributed by atoms with Crippen molar-refractivity contribution in [3.8, 4) is 23.1 Å². The van der Waals surface area contributed by atoms with Gasteiger partial charge < -0.3 is 19.9 Å². The molecule has 3 aromatic heterocycles. The second-order valence-corrected chi connectivity index (χ2v) is 8.79. The number of anilines is 1. The van der Waals surface area contributed by atoms with E-state index < -0.39 is 0 Å². The Hall–Kier alpha value is -4.41. The number of rotatable bonds is 7. The van der Waals surface area contributed by atoms with Crippen molar-refractivity contribution in [2.45, 2.75) is 19.4 Å². The summed E-state index contributed by atoms with van der Waals surface area (Å²) in [6.45, 7) is 7.73. The van der Waals surface area contributed by atoms with Crippen LogP contribution >= 0.6 is 0 Å². The Morgan fingerprint density at radius 3 is 2.70 bits per heavy atom. The van der Waals surface area contributed by atoms with Crippen LogP contribution in [0.5, 0.6) is 5.88 Å². The van der Waals surface area contributed by atoms with E-state index in [-0.39, 0.29) is 6.10 Å². The highest BCUT2D eigenvalue weighted by molar-refractivity contribution is 5.82. The number of ether oxygens (including phenoxy) is 1. The van der Waals surface area contributed by atoms with Crippen molar-refractivity contribution >= 4 is 16.7 Å². The molecular weight excluding hydrogens is 460 g/mol. The number of hydrogen-bond acceptors (Lipinski definition) is 6. The van der Waals surface area contributed by atoms with Crippen molar-refractivity contribution in [2.24, 2.45) is 7.05 Å². The lowest BCUT2D eigenvalue weighted by molar-refractivity contribution is 0.194. The molecule has 2 N–H and O–H groups in total. The molecule has 0 bridgehead atoms. The van der Waals surface area contributed by atoms with Gasteiger partial charge in [-0.05, 0) is 55.8 Å². The molecule has 4 heterocycles. The monoisotopic (exact) mass is 492 g/mol. The number of aryl methyl sites for hydroxylation is 1.